The topological polar surface area (TPSA) is 143 Å². The third kappa shape index (κ3) is 2.33. The van der Waals surface area contributed by atoms with E-state index in [-0.39, 0.29) is 33.7 Å². The molecule has 0 aliphatic carbocycles. The third-order valence-corrected chi connectivity index (χ3v) is 6.21. The van der Waals surface area contributed by atoms with Crippen LogP contribution in [0.15, 0.2) is 22.6 Å². The van der Waals surface area contributed by atoms with Gasteiger partial charge in [0.2, 0.25) is 5.71 Å². The van der Waals surface area contributed by atoms with Crippen molar-refractivity contribution < 1.29 is 4.42 Å². The molecule has 0 atom stereocenters. The molecule has 0 bridgehead atoms. The minimum atomic E-state index is -0.213. The van der Waals surface area contributed by atoms with E-state index in [2.05, 4.69) is 47.8 Å². The second-order valence-corrected chi connectivity index (χ2v) is 8.41. The van der Waals surface area contributed by atoms with Crippen molar-refractivity contribution in [3.05, 3.63) is 40.4 Å². The Morgan fingerprint density at radius 2 is 1.90 bits per heavy atom. The highest BCUT2D eigenvalue weighted by Crippen LogP contribution is 2.43. The van der Waals surface area contributed by atoms with Crippen molar-refractivity contribution in [3.63, 3.8) is 0 Å². The number of likely N-dealkylation sites (N-methyl/N-ethyl adjacent to an activating group) is 1. The molecule has 0 unspecified atom stereocenters. The number of anilines is 2. The molecular weight excluding hydrogens is 390 g/mol. The molecule has 0 spiro atoms. The van der Waals surface area contributed by atoms with Crippen molar-refractivity contribution in [3.8, 4) is 12.1 Å². The van der Waals surface area contributed by atoms with Crippen LogP contribution in [0, 0.1) is 28.1 Å². The van der Waals surface area contributed by atoms with Gasteiger partial charge in [-0.15, -0.1) is 0 Å². The highest BCUT2D eigenvalue weighted by Gasteiger charge is 2.30. The van der Waals surface area contributed by atoms with Crippen LogP contribution < -0.4 is 16.1 Å². The van der Waals surface area contributed by atoms with E-state index in [9.17, 15) is 10.5 Å². The van der Waals surface area contributed by atoms with Crippen LogP contribution in [0.2, 0.25) is 0 Å². The fourth-order valence-electron chi connectivity index (χ4n) is 4.51. The van der Waals surface area contributed by atoms with Crippen molar-refractivity contribution in [2.75, 3.05) is 17.7 Å². The summed E-state index contributed by atoms with van der Waals surface area (Å²) in [4.78, 5) is 9.29. The summed E-state index contributed by atoms with van der Waals surface area (Å²) in [5.74, 6) is 0.133. The predicted octanol–water partition coefficient (Wildman–Crippen LogP) is 3.90. The van der Waals surface area contributed by atoms with E-state index in [0.29, 0.717) is 27.3 Å². The standard InChI is InChI=1S/C23H19N7O/c1-10-7-23(2,3)30(4)15-6-16-12(5-11(10)15)17-13(8-24)20(26)28-19-14(9-25)21(27)29-22(31-16)18(17)19/h5-7,27-28H,26H2,1-4H3. The summed E-state index contributed by atoms with van der Waals surface area (Å²) < 4.78 is 6.13. The van der Waals surface area contributed by atoms with Crippen LogP contribution in [-0.4, -0.2) is 22.6 Å². The Hall–Kier alpha value is -4.30. The van der Waals surface area contributed by atoms with E-state index >= 15 is 0 Å². The second-order valence-electron chi connectivity index (χ2n) is 8.41. The molecule has 1 aromatic carbocycles. The van der Waals surface area contributed by atoms with Gasteiger partial charge in [0, 0.05) is 35.1 Å². The molecular formula is C23H19N7O. The monoisotopic (exact) mass is 409 g/mol. The molecule has 0 saturated heterocycles. The van der Waals surface area contributed by atoms with Gasteiger partial charge in [0.05, 0.1) is 16.4 Å². The van der Waals surface area contributed by atoms with Gasteiger partial charge in [0.15, 0.2) is 5.49 Å². The van der Waals surface area contributed by atoms with Gasteiger partial charge in [-0.2, -0.15) is 15.5 Å². The van der Waals surface area contributed by atoms with Crippen LogP contribution >= 0.6 is 0 Å². The van der Waals surface area contributed by atoms with Gasteiger partial charge in [-0.1, -0.05) is 6.08 Å². The van der Waals surface area contributed by atoms with Gasteiger partial charge in [0.1, 0.15) is 34.7 Å². The van der Waals surface area contributed by atoms with Gasteiger partial charge in [-0.25, -0.2) is 0 Å². The average molecular weight is 409 g/mol. The zero-order chi connectivity index (χ0) is 22.2. The fraction of sp³-hybridized carbons (Fsp3) is 0.217. The SMILES string of the molecule is CC1=CC(C)(C)N(C)c2cc3oc4nc(=N)c(C#N)c5[nH]c(N)c(C#N)c(c3cc21)c45. The molecule has 5 rings (SSSR count). The number of nitrogen functional groups attached to an aromatic ring is 1. The van der Waals surface area contributed by atoms with Gasteiger partial charge in [-0.05, 0) is 32.4 Å². The lowest BCUT2D eigenvalue weighted by Crippen LogP contribution is -2.42. The van der Waals surface area contributed by atoms with Crippen molar-refractivity contribution in [2.45, 2.75) is 26.3 Å². The summed E-state index contributed by atoms with van der Waals surface area (Å²) in [6.45, 7) is 6.34. The maximum atomic E-state index is 9.88. The number of aromatic nitrogens is 2. The molecule has 8 heteroatoms. The van der Waals surface area contributed by atoms with Crippen LogP contribution in [0.4, 0.5) is 11.5 Å². The third-order valence-electron chi connectivity index (χ3n) is 6.21. The first-order valence-corrected chi connectivity index (χ1v) is 9.72. The molecule has 4 N–H and O–H groups in total. The molecule has 1 aliphatic heterocycles. The van der Waals surface area contributed by atoms with Crippen molar-refractivity contribution in [1.82, 2.24) is 9.97 Å². The summed E-state index contributed by atoms with van der Waals surface area (Å²) in [6.07, 6.45) is 2.20. The molecule has 4 heterocycles. The average Bonchev–Trinajstić information content (AvgIpc) is 2.71. The van der Waals surface area contributed by atoms with E-state index in [0.717, 1.165) is 16.8 Å². The molecule has 0 amide bonds. The van der Waals surface area contributed by atoms with E-state index in [1.165, 1.54) is 0 Å². The Kier molecular flexibility index (Phi) is 3.54. The van der Waals surface area contributed by atoms with E-state index in [1.807, 2.05) is 25.2 Å². The fourth-order valence-corrected chi connectivity index (χ4v) is 4.51. The van der Waals surface area contributed by atoms with Crippen molar-refractivity contribution in [1.29, 1.82) is 15.9 Å². The van der Waals surface area contributed by atoms with Crippen molar-refractivity contribution in [2.24, 2.45) is 0 Å². The van der Waals surface area contributed by atoms with Crippen LogP contribution in [0.1, 0.15) is 37.5 Å². The minimum Gasteiger partial charge on any atom is -0.437 e. The Morgan fingerprint density at radius 1 is 1.19 bits per heavy atom. The van der Waals surface area contributed by atoms with Gasteiger partial charge < -0.3 is 20.0 Å². The van der Waals surface area contributed by atoms with Crippen LogP contribution in [0.5, 0.6) is 0 Å². The summed E-state index contributed by atoms with van der Waals surface area (Å²) >= 11 is 0. The maximum Gasteiger partial charge on any atom is 0.231 e. The number of rotatable bonds is 0. The molecule has 31 heavy (non-hydrogen) atoms. The molecule has 1 aliphatic rings. The number of nitrogens with two attached hydrogens (primary N) is 1. The number of nitriles is 2. The summed E-state index contributed by atoms with van der Waals surface area (Å²) in [5, 5.41) is 29.4. The van der Waals surface area contributed by atoms with Crippen LogP contribution in [0.25, 0.3) is 38.5 Å². The Bertz CT molecular complexity index is 1640. The van der Waals surface area contributed by atoms with E-state index in [1.54, 1.807) is 0 Å². The number of aromatic amines is 1. The number of allylic oxidation sites excluding steroid dienone is 1. The predicted molar refractivity (Wildman–Crippen MR) is 119 cm³/mol. The summed E-state index contributed by atoms with van der Waals surface area (Å²) in [7, 11) is 2.03. The molecule has 0 fully saturated rings. The number of fused-ring (bicyclic) bond motifs is 3. The van der Waals surface area contributed by atoms with Gasteiger partial charge in [-0.3, -0.25) is 5.41 Å². The first-order chi connectivity index (χ1) is 14.7. The summed E-state index contributed by atoms with van der Waals surface area (Å²) in [6, 6.07) is 8.13. The number of nitrogens with one attached hydrogen (secondary N) is 2. The Labute approximate surface area is 177 Å². The minimum absolute atomic E-state index is 0.0544. The zero-order valence-electron chi connectivity index (χ0n) is 17.5. The lowest BCUT2D eigenvalue weighted by atomic mass is 9.88. The number of nitrogens with zero attached hydrogens (tertiary/aromatic N) is 4. The highest BCUT2D eigenvalue weighted by molar-refractivity contribution is 6.20. The van der Waals surface area contributed by atoms with Gasteiger partial charge >= 0.3 is 0 Å². The molecule has 0 radical (unpaired) electrons. The number of pyridine rings is 2. The van der Waals surface area contributed by atoms with Crippen LogP contribution in [-0.2, 0) is 0 Å². The molecule has 3 aromatic heterocycles. The van der Waals surface area contributed by atoms with E-state index < -0.39 is 0 Å². The lowest BCUT2D eigenvalue weighted by molar-refractivity contribution is 0.596. The molecule has 8 nitrogen and oxygen atoms in total. The largest absolute Gasteiger partial charge is 0.437 e. The number of benzene rings is 1. The molecule has 4 aromatic rings. The van der Waals surface area contributed by atoms with Gasteiger partial charge in [0.25, 0.3) is 0 Å². The zero-order valence-corrected chi connectivity index (χ0v) is 17.5. The number of H-pyrrole nitrogens is 1. The molecule has 0 saturated carbocycles. The first-order valence-electron chi connectivity index (χ1n) is 9.72. The Morgan fingerprint density at radius 3 is 2.58 bits per heavy atom. The summed E-state index contributed by atoms with van der Waals surface area (Å²) in [5.41, 5.74) is 10.3. The number of hydrogen-bond donors (Lipinski definition) is 3. The Balaban J connectivity index is 2.08. The lowest BCUT2D eigenvalue weighted by Gasteiger charge is -2.40. The first kappa shape index (κ1) is 18.7. The number of hydrogen-bond acceptors (Lipinski definition) is 7. The van der Waals surface area contributed by atoms with Crippen molar-refractivity contribution >= 4 is 50.1 Å². The quantitative estimate of drug-likeness (QED) is 0.297. The van der Waals surface area contributed by atoms with E-state index in [4.69, 9.17) is 15.6 Å². The molecule has 152 valence electrons. The normalized spacial score (nSPS) is 15.0. The second kappa shape index (κ2) is 5.87. The maximum absolute atomic E-state index is 9.88. The smallest absolute Gasteiger partial charge is 0.231 e. The highest BCUT2D eigenvalue weighted by atomic mass is 16.3. The van der Waals surface area contributed by atoms with Crippen LogP contribution in [0.3, 0.4) is 0 Å².